The zero-order chi connectivity index (χ0) is 17.0. The first kappa shape index (κ1) is 16.5. The smallest absolute Gasteiger partial charge is 0.204 e. The Bertz CT molecular complexity index is 666. The second kappa shape index (κ2) is 6.91. The van der Waals surface area contributed by atoms with E-state index in [9.17, 15) is 0 Å². The van der Waals surface area contributed by atoms with Crippen molar-refractivity contribution in [2.24, 2.45) is 0 Å². The van der Waals surface area contributed by atoms with Gasteiger partial charge in [-0.25, -0.2) is 0 Å². The highest BCUT2D eigenvalue weighted by Crippen LogP contribution is 2.36. The van der Waals surface area contributed by atoms with E-state index in [-0.39, 0.29) is 0 Å². The number of methoxy groups -OCH3 is 4. The van der Waals surface area contributed by atoms with Crippen LogP contribution in [0.2, 0.25) is 0 Å². The van der Waals surface area contributed by atoms with Crippen LogP contribution in [0.1, 0.15) is 5.56 Å². The van der Waals surface area contributed by atoms with E-state index >= 15 is 0 Å². The number of allylic oxidation sites excluding steroid dienone is 2. The molecule has 0 heterocycles. The molecule has 1 aromatic carbocycles. The van der Waals surface area contributed by atoms with E-state index in [0.717, 1.165) is 11.1 Å². The maximum atomic E-state index is 5.87. The molecule has 4 N–H and O–H groups in total. The minimum absolute atomic E-state index is 0.548. The summed E-state index contributed by atoms with van der Waals surface area (Å²) in [5.74, 6) is 2.34. The number of anilines is 1. The Labute approximate surface area is 135 Å². The van der Waals surface area contributed by atoms with Crippen LogP contribution in [0.3, 0.4) is 0 Å². The zero-order valence-corrected chi connectivity index (χ0v) is 13.7. The Morgan fingerprint density at radius 2 is 1.35 bits per heavy atom. The molecule has 0 atom stereocenters. The van der Waals surface area contributed by atoms with Gasteiger partial charge >= 0.3 is 0 Å². The lowest BCUT2D eigenvalue weighted by atomic mass is 10.00. The molecule has 2 rings (SSSR count). The third-order valence-electron chi connectivity index (χ3n) is 3.42. The lowest BCUT2D eigenvalue weighted by Gasteiger charge is -2.18. The predicted molar refractivity (Wildman–Crippen MR) is 89.1 cm³/mol. The van der Waals surface area contributed by atoms with Gasteiger partial charge < -0.3 is 24.7 Å². The Morgan fingerprint density at radius 1 is 0.870 bits per heavy atom. The van der Waals surface area contributed by atoms with E-state index in [1.54, 1.807) is 52.7 Å². The van der Waals surface area contributed by atoms with Crippen molar-refractivity contribution in [3.05, 3.63) is 46.9 Å². The fourth-order valence-corrected chi connectivity index (χ4v) is 2.35. The second-order valence-electron chi connectivity index (χ2n) is 4.82. The molecule has 1 aromatic rings. The average molecular weight is 317 g/mol. The molecular weight excluding hydrogens is 296 g/mol. The molecule has 0 bridgehead atoms. The first-order valence-corrected chi connectivity index (χ1v) is 6.91. The van der Waals surface area contributed by atoms with Crippen molar-refractivity contribution in [1.29, 1.82) is 0 Å². The van der Waals surface area contributed by atoms with E-state index in [1.807, 2.05) is 6.08 Å². The molecule has 0 saturated carbocycles. The highest BCUT2D eigenvalue weighted by atomic mass is 16.5. The number of benzene rings is 1. The van der Waals surface area contributed by atoms with Gasteiger partial charge in [0, 0.05) is 17.8 Å². The van der Waals surface area contributed by atoms with Gasteiger partial charge in [0.2, 0.25) is 5.71 Å². The van der Waals surface area contributed by atoms with E-state index in [0.29, 0.717) is 34.4 Å². The standard InChI is InChI=1S/C17H20N2O4/c1-20-14-5-10(18)6-15(21-2)12(14)9-13-16(22-3)7-11(19)8-17(13)23-4/h5-9,18H,19H2,1-4H3/p+1. The van der Waals surface area contributed by atoms with E-state index < -0.39 is 0 Å². The maximum Gasteiger partial charge on any atom is 0.204 e. The Kier molecular flexibility index (Phi) is 4.95. The summed E-state index contributed by atoms with van der Waals surface area (Å²) in [6.07, 6.45) is 5.31. The molecule has 122 valence electrons. The SMILES string of the molecule is COC1=CC(=[NH2+])C=C(OC)C1=Cc1c(OC)cc(N)cc1OC. The highest BCUT2D eigenvalue weighted by molar-refractivity contribution is 6.03. The second-order valence-corrected chi connectivity index (χ2v) is 4.82. The van der Waals surface area contributed by atoms with Crippen LogP contribution in [-0.4, -0.2) is 34.2 Å². The van der Waals surface area contributed by atoms with Crippen molar-refractivity contribution in [3.8, 4) is 11.5 Å². The first-order valence-electron chi connectivity index (χ1n) is 6.91. The number of nitrogens with two attached hydrogens (primary N) is 2. The van der Waals surface area contributed by atoms with Crippen molar-refractivity contribution < 1.29 is 24.4 Å². The largest absolute Gasteiger partial charge is 0.496 e. The van der Waals surface area contributed by atoms with Crippen molar-refractivity contribution in [1.82, 2.24) is 0 Å². The van der Waals surface area contributed by atoms with Gasteiger partial charge in [0.15, 0.2) is 0 Å². The molecule has 1 aliphatic rings. The summed E-state index contributed by atoms with van der Waals surface area (Å²) in [5, 5.41) is 5.87. The van der Waals surface area contributed by atoms with Crippen molar-refractivity contribution in [2.75, 3.05) is 34.2 Å². The molecule has 0 fully saturated rings. The molecule has 0 aromatic heterocycles. The zero-order valence-electron chi connectivity index (χ0n) is 13.7. The minimum Gasteiger partial charge on any atom is -0.496 e. The van der Waals surface area contributed by atoms with Crippen LogP contribution in [0.5, 0.6) is 11.5 Å². The van der Waals surface area contributed by atoms with Crippen molar-refractivity contribution >= 4 is 17.5 Å². The minimum atomic E-state index is 0.548. The average Bonchev–Trinajstić information content (AvgIpc) is 2.56. The van der Waals surface area contributed by atoms with Crippen LogP contribution in [0.4, 0.5) is 5.69 Å². The lowest BCUT2D eigenvalue weighted by molar-refractivity contribution is -0.110. The number of rotatable bonds is 5. The molecule has 0 radical (unpaired) electrons. The quantitative estimate of drug-likeness (QED) is 0.789. The Hall–Kier alpha value is -2.89. The van der Waals surface area contributed by atoms with Gasteiger partial charge in [-0.15, -0.1) is 0 Å². The monoisotopic (exact) mass is 317 g/mol. The van der Waals surface area contributed by atoms with Crippen molar-refractivity contribution in [2.45, 2.75) is 0 Å². The fraction of sp³-hybridized carbons (Fsp3) is 0.235. The molecule has 0 amide bonds. The molecule has 0 unspecified atom stereocenters. The Morgan fingerprint density at radius 3 is 1.74 bits per heavy atom. The summed E-state index contributed by atoms with van der Waals surface area (Å²) >= 11 is 0. The predicted octanol–water partition coefficient (Wildman–Crippen LogP) is 0.944. The lowest BCUT2D eigenvalue weighted by Crippen LogP contribution is -2.38. The van der Waals surface area contributed by atoms with Crippen LogP contribution in [0.25, 0.3) is 6.08 Å². The van der Waals surface area contributed by atoms with Gasteiger partial charge in [0.05, 0.1) is 51.7 Å². The molecular formula is C17H21N2O4+. The number of hydrogen-bond donors (Lipinski definition) is 2. The molecule has 1 aliphatic carbocycles. The number of nitrogen functional groups attached to an aromatic ring is 1. The summed E-state index contributed by atoms with van der Waals surface area (Å²) in [6.45, 7) is 0. The molecule has 6 heteroatoms. The van der Waals surface area contributed by atoms with Crippen LogP contribution in [0, 0.1) is 0 Å². The first-order chi connectivity index (χ1) is 11.0. The third-order valence-corrected chi connectivity index (χ3v) is 3.42. The van der Waals surface area contributed by atoms with Gasteiger partial charge in [-0.3, -0.25) is 5.41 Å². The molecule has 0 aliphatic heterocycles. The van der Waals surface area contributed by atoms with Crippen LogP contribution < -0.4 is 20.6 Å². The van der Waals surface area contributed by atoms with Gasteiger partial charge in [0.25, 0.3) is 0 Å². The summed E-state index contributed by atoms with van der Waals surface area (Å²) in [4.78, 5) is 0. The molecule has 0 spiro atoms. The van der Waals surface area contributed by atoms with Gasteiger partial charge in [-0.2, -0.15) is 0 Å². The summed E-state index contributed by atoms with van der Waals surface area (Å²) in [7, 11) is 6.29. The topological polar surface area (TPSA) is 88.5 Å². The van der Waals surface area contributed by atoms with E-state index in [1.165, 1.54) is 0 Å². The fourth-order valence-electron chi connectivity index (χ4n) is 2.35. The van der Waals surface area contributed by atoms with Gasteiger partial charge in [-0.1, -0.05) is 0 Å². The molecule has 23 heavy (non-hydrogen) atoms. The summed E-state index contributed by atoms with van der Waals surface area (Å²) in [6, 6.07) is 3.45. The van der Waals surface area contributed by atoms with E-state index in [2.05, 4.69) is 0 Å². The summed E-state index contributed by atoms with van der Waals surface area (Å²) < 4.78 is 21.7. The third kappa shape index (κ3) is 3.31. The maximum absolute atomic E-state index is 5.87. The normalized spacial score (nSPS) is 13.9. The van der Waals surface area contributed by atoms with Crippen LogP contribution >= 0.6 is 0 Å². The number of hydrogen-bond acceptors (Lipinski definition) is 5. The van der Waals surface area contributed by atoms with Gasteiger partial charge in [-0.05, 0) is 6.08 Å². The summed E-state index contributed by atoms with van der Waals surface area (Å²) in [5.41, 5.74) is 8.42. The Balaban J connectivity index is 2.66. The molecule has 0 saturated heterocycles. The molecule has 6 nitrogen and oxygen atoms in total. The van der Waals surface area contributed by atoms with Crippen LogP contribution in [-0.2, 0) is 9.47 Å². The highest BCUT2D eigenvalue weighted by Gasteiger charge is 2.22. The van der Waals surface area contributed by atoms with Gasteiger partial charge in [0.1, 0.15) is 23.0 Å². The van der Waals surface area contributed by atoms with Crippen LogP contribution in [0.15, 0.2) is 41.4 Å². The van der Waals surface area contributed by atoms with Crippen molar-refractivity contribution in [3.63, 3.8) is 0 Å². The number of ether oxygens (including phenoxy) is 4. The van der Waals surface area contributed by atoms with E-state index in [4.69, 9.17) is 30.1 Å².